The lowest BCUT2D eigenvalue weighted by molar-refractivity contribution is -0.122. The van der Waals surface area contributed by atoms with Gasteiger partial charge in [-0.2, -0.15) is 5.10 Å². The van der Waals surface area contributed by atoms with Crippen LogP contribution in [0.3, 0.4) is 0 Å². The van der Waals surface area contributed by atoms with Crippen molar-refractivity contribution in [2.75, 3.05) is 16.8 Å². The molecule has 8 heteroatoms. The van der Waals surface area contributed by atoms with Gasteiger partial charge in [0.15, 0.2) is 6.61 Å². The van der Waals surface area contributed by atoms with Gasteiger partial charge in [-0.15, -0.1) is 11.3 Å². The van der Waals surface area contributed by atoms with Crippen LogP contribution in [0.1, 0.15) is 29.2 Å². The lowest BCUT2D eigenvalue weighted by Crippen LogP contribution is -2.39. The van der Waals surface area contributed by atoms with Gasteiger partial charge in [-0.1, -0.05) is 18.2 Å². The van der Waals surface area contributed by atoms with Crippen LogP contribution >= 0.6 is 11.3 Å². The molecule has 33 heavy (non-hydrogen) atoms. The van der Waals surface area contributed by atoms with Crippen molar-refractivity contribution in [2.45, 2.75) is 26.8 Å². The van der Waals surface area contributed by atoms with E-state index in [2.05, 4.69) is 10.4 Å². The third kappa shape index (κ3) is 4.90. The minimum atomic E-state index is -0.505. The fourth-order valence-corrected chi connectivity index (χ4v) is 4.71. The molecule has 0 saturated carbocycles. The van der Waals surface area contributed by atoms with Crippen molar-refractivity contribution in [3.8, 4) is 0 Å². The number of aromatic nitrogens is 2. The Morgan fingerprint density at radius 2 is 1.76 bits per heavy atom. The van der Waals surface area contributed by atoms with E-state index in [9.17, 15) is 9.59 Å². The zero-order valence-corrected chi connectivity index (χ0v) is 19.8. The highest BCUT2D eigenvalue weighted by atomic mass is 32.1. The van der Waals surface area contributed by atoms with Gasteiger partial charge in [0.05, 0.1) is 5.69 Å². The van der Waals surface area contributed by atoms with Crippen molar-refractivity contribution in [3.05, 3.63) is 71.2 Å². The Morgan fingerprint density at radius 1 is 1.09 bits per heavy atom. The van der Waals surface area contributed by atoms with Crippen molar-refractivity contribution in [3.63, 3.8) is 0 Å². The molecule has 0 fully saturated rings. The largest absolute Gasteiger partial charge is 0.451 e. The Balaban J connectivity index is 1.42. The Labute approximate surface area is 196 Å². The van der Waals surface area contributed by atoms with Crippen LogP contribution in [-0.2, 0) is 16.6 Å². The zero-order valence-electron chi connectivity index (χ0n) is 19.0. The van der Waals surface area contributed by atoms with Gasteiger partial charge in [-0.05, 0) is 63.2 Å². The summed E-state index contributed by atoms with van der Waals surface area (Å²) in [6.07, 6.45) is 0. The van der Waals surface area contributed by atoms with Crippen molar-refractivity contribution in [1.29, 1.82) is 0 Å². The topological polar surface area (TPSA) is 76.5 Å². The SMILES string of the molecule is Cc1nn(C)c2sc(C(=O)OCC(=O)N(c3ccc(Nc4ccccc4)cc3)C(C)C)cc12. The number of carbonyl (C=O) groups is 2. The molecule has 4 aromatic rings. The molecule has 0 radical (unpaired) electrons. The van der Waals surface area contributed by atoms with Crippen molar-refractivity contribution in [1.82, 2.24) is 9.78 Å². The Hall–Kier alpha value is -3.65. The molecule has 0 unspecified atom stereocenters. The summed E-state index contributed by atoms with van der Waals surface area (Å²) in [5, 5.41) is 8.59. The number of nitrogens with zero attached hydrogens (tertiary/aromatic N) is 3. The first kappa shape index (κ1) is 22.5. The summed E-state index contributed by atoms with van der Waals surface area (Å²) in [5.41, 5.74) is 3.51. The summed E-state index contributed by atoms with van der Waals surface area (Å²) in [5.74, 6) is -0.781. The number of para-hydroxylation sites is 1. The fraction of sp³-hybridized carbons (Fsp3) is 0.240. The smallest absolute Gasteiger partial charge is 0.348 e. The lowest BCUT2D eigenvalue weighted by atomic mass is 10.2. The second-order valence-electron chi connectivity index (χ2n) is 8.01. The summed E-state index contributed by atoms with van der Waals surface area (Å²) in [6.45, 7) is 5.43. The van der Waals surface area contributed by atoms with Crippen LogP contribution in [0.25, 0.3) is 10.2 Å². The molecule has 0 aliphatic rings. The van der Waals surface area contributed by atoms with E-state index in [1.54, 1.807) is 15.6 Å². The van der Waals surface area contributed by atoms with Crippen LogP contribution in [0.4, 0.5) is 17.1 Å². The van der Waals surface area contributed by atoms with E-state index in [4.69, 9.17) is 4.74 Å². The van der Waals surface area contributed by atoms with Gasteiger partial charge in [0.1, 0.15) is 9.71 Å². The predicted molar refractivity (Wildman–Crippen MR) is 132 cm³/mol. The molecule has 0 bridgehead atoms. The minimum absolute atomic E-state index is 0.0952. The van der Waals surface area contributed by atoms with E-state index in [0.717, 1.165) is 33.0 Å². The van der Waals surface area contributed by atoms with E-state index in [1.807, 2.05) is 82.4 Å². The highest BCUT2D eigenvalue weighted by Crippen LogP contribution is 2.28. The molecule has 4 rings (SSSR count). The van der Waals surface area contributed by atoms with E-state index >= 15 is 0 Å². The molecular weight excluding hydrogens is 436 g/mol. The molecule has 2 aromatic carbocycles. The van der Waals surface area contributed by atoms with Gasteiger partial charge >= 0.3 is 5.97 Å². The minimum Gasteiger partial charge on any atom is -0.451 e. The number of esters is 1. The molecule has 1 N–H and O–H groups in total. The number of thiophene rings is 1. The molecule has 170 valence electrons. The summed E-state index contributed by atoms with van der Waals surface area (Å²) in [4.78, 5) is 28.5. The van der Waals surface area contributed by atoms with Crippen LogP contribution in [-0.4, -0.2) is 34.3 Å². The molecule has 0 spiro atoms. The van der Waals surface area contributed by atoms with E-state index in [-0.39, 0.29) is 18.6 Å². The van der Waals surface area contributed by atoms with Gasteiger partial charge < -0.3 is 15.0 Å². The highest BCUT2D eigenvalue weighted by molar-refractivity contribution is 7.20. The van der Waals surface area contributed by atoms with Crippen LogP contribution in [0, 0.1) is 6.92 Å². The number of hydrogen-bond donors (Lipinski definition) is 1. The molecule has 0 aliphatic heterocycles. The summed E-state index contributed by atoms with van der Waals surface area (Å²) in [7, 11) is 1.84. The molecule has 1 amide bonds. The number of aryl methyl sites for hydroxylation is 2. The third-order valence-corrected chi connectivity index (χ3v) is 6.40. The van der Waals surface area contributed by atoms with Crippen molar-refractivity contribution in [2.24, 2.45) is 7.05 Å². The van der Waals surface area contributed by atoms with E-state index in [0.29, 0.717) is 4.88 Å². The first-order valence-electron chi connectivity index (χ1n) is 10.7. The van der Waals surface area contributed by atoms with Crippen LogP contribution < -0.4 is 10.2 Å². The number of benzene rings is 2. The number of nitrogens with one attached hydrogen (secondary N) is 1. The van der Waals surface area contributed by atoms with E-state index in [1.165, 1.54) is 11.3 Å². The molecule has 0 atom stereocenters. The Kier molecular flexibility index (Phi) is 6.46. The average Bonchev–Trinajstić information content (AvgIpc) is 3.35. The standard InChI is InChI=1S/C25H26N4O3S/c1-16(2)29(20-12-10-19(11-13-20)26-18-8-6-5-7-9-18)23(30)15-32-25(31)22-14-21-17(3)27-28(4)24(21)33-22/h5-14,16,26H,15H2,1-4H3. The van der Waals surface area contributed by atoms with Gasteiger partial charge in [0, 0.05) is 35.5 Å². The normalized spacial score (nSPS) is 11.1. The van der Waals surface area contributed by atoms with E-state index < -0.39 is 5.97 Å². The molecule has 0 saturated heterocycles. The number of hydrogen-bond acceptors (Lipinski definition) is 6. The van der Waals surface area contributed by atoms with Crippen LogP contribution in [0.2, 0.25) is 0 Å². The number of anilines is 3. The second-order valence-corrected chi connectivity index (χ2v) is 9.04. The van der Waals surface area contributed by atoms with Crippen LogP contribution in [0.5, 0.6) is 0 Å². The Morgan fingerprint density at radius 3 is 2.39 bits per heavy atom. The fourth-order valence-electron chi connectivity index (χ4n) is 3.70. The number of rotatable bonds is 7. The number of amides is 1. The average molecular weight is 463 g/mol. The quantitative estimate of drug-likeness (QED) is 0.378. The Bertz CT molecular complexity index is 1240. The maximum Gasteiger partial charge on any atom is 0.348 e. The zero-order chi connectivity index (χ0) is 23.5. The molecule has 2 aromatic heterocycles. The molecule has 0 aliphatic carbocycles. The maximum absolute atomic E-state index is 12.9. The summed E-state index contributed by atoms with van der Waals surface area (Å²) >= 11 is 1.31. The summed E-state index contributed by atoms with van der Waals surface area (Å²) < 4.78 is 7.11. The molecule has 2 heterocycles. The summed E-state index contributed by atoms with van der Waals surface area (Å²) in [6, 6.07) is 19.2. The third-order valence-electron chi connectivity index (χ3n) is 5.22. The molecular formula is C25H26N4O3S. The van der Waals surface area contributed by atoms with Gasteiger partial charge in [-0.3, -0.25) is 9.48 Å². The number of ether oxygens (including phenoxy) is 1. The number of fused-ring (bicyclic) bond motifs is 1. The first-order chi connectivity index (χ1) is 15.8. The second kappa shape index (κ2) is 9.46. The van der Waals surface area contributed by atoms with Gasteiger partial charge in [0.2, 0.25) is 0 Å². The van der Waals surface area contributed by atoms with Gasteiger partial charge in [-0.25, -0.2) is 4.79 Å². The maximum atomic E-state index is 12.9. The monoisotopic (exact) mass is 462 g/mol. The lowest BCUT2D eigenvalue weighted by Gasteiger charge is -2.27. The highest BCUT2D eigenvalue weighted by Gasteiger charge is 2.22. The first-order valence-corrected chi connectivity index (χ1v) is 11.5. The number of carbonyl (C=O) groups excluding carboxylic acids is 2. The molecule has 7 nitrogen and oxygen atoms in total. The van der Waals surface area contributed by atoms with Crippen molar-refractivity contribution < 1.29 is 14.3 Å². The van der Waals surface area contributed by atoms with Gasteiger partial charge in [0.25, 0.3) is 5.91 Å². The predicted octanol–water partition coefficient (Wildman–Crippen LogP) is 5.29. The van der Waals surface area contributed by atoms with Crippen LogP contribution in [0.15, 0.2) is 60.7 Å². The van der Waals surface area contributed by atoms with Crippen molar-refractivity contribution >= 4 is 50.5 Å².